The highest BCUT2D eigenvalue weighted by Gasteiger charge is 2.62. The molecule has 5 aromatic carbocycles. The number of rotatable bonds is 14. The Labute approximate surface area is 522 Å². The lowest BCUT2D eigenvalue weighted by Gasteiger charge is -2.53. The van der Waals surface area contributed by atoms with Gasteiger partial charge in [-0.05, 0) is 181 Å². The number of carbonyl (C=O) groups is 1. The number of hydrogen-bond donors (Lipinski definition) is 8. The van der Waals surface area contributed by atoms with Crippen LogP contribution < -0.4 is 19.5 Å². The standard InChI is InChI=1S/C69H86N2O11S4/c1-5-43-15-16-44-11-10-12-53-61(35-72)86-85-38-49-29-62(76)69(51-30-50(31-52(74)32-51)68(70-3)22-8-7-9-23-68,56-39-84-83-37-47-14-13-42(36-80-6-2)26-59(47)82-60-28-46(56)18-20-58(60)81-40-73)67(78)64(49)65(77)48(25-41-21-24-71-34-41)27-45-17-19-57(75)66(79-4)55(45)33-54(43)63(44)53/h10-12,15-21,24,28,30-32,34,42,47-49,56,59,61-62,64-65,70-77H,5-9,13-14,22-23,25-27,29,33,35-40H2,1-4H3. The van der Waals surface area contributed by atoms with Crippen molar-refractivity contribution in [2.75, 3.05) is 58.0 Å². The number of carbonyl (C=O) groups excluding carboxylic acids is 1. The lowest BCUT2D eigenvalue weighted by molar-refractivity contribution is -0.150. The van der Waals surface area contributed by atoms with E-state index in [0.29, 0.717) is 72.7 Å². The highest BCUT2D eigenvalue weighted by atomic mass is 33.1. The van der Waals surface area contributed by atoms with Gasteiger partial charge in [0, 0.05) is 78.1 Å². The summed E-state index contributed by atoms with van der Waals surface area (Å²) in [6.45, 7) is 4.69. The van der Waals surface area contributed by atoms with Crippen LogP contribution in [0.15, 0.2) is 97.3 Å². The lowest BCUT2D eigenvalue weighted by Crippen LogP contribution is -2.62. The molecule has 0 radical (unpaired) electrons. The molecule has 11 unspecified atom stereocenters. The molecule has 17 heteroatoms. The fourth-order valence-corrected chi connectivity index (χ4v) is 21.3. The van der Waals surface area contributed by atoms with Gasteiger partial charge in [-0.3, -0.25) is 4.79 Å². The minimum absolute atomic E-state index is 0.00265. The van der Waals surface area contributed by atoms with Crippen molar-refractivity contribution in [1.29, 1.82) is 0 Å². The van der Waals surface area contributed by atoms with Gasteiger partial charge in [0.05, 0.1) is 36.6 Å². The Kier molecular flexibility index (Phi) is 20.6. The zero-order valence-corrected chi connectivity index (χ0v) is 53.3. The fraction of sp³-hybridized carbons (Fsp3) is 0.522. The quantitative estimate of drug-likeness (QED) is 0.0378. The third-order valence-corrected chi connectivity index (χ3v) is 25.4. The Morgan fingerprint density at radius 1 is 0.849 bits per heavy atom. The highest BCUT2D eigenvalue weighted by molar-refractivity contribution is 8.77. The predicted molar refractivity (Wildman–Crippen MR) is 348 cm³/mol. The first-order valence-corrected chi connectivity index (χ1v) is 36.0. The summed E-state index contributed by atoms with van der Waals surface area (Å²) in [5, 5.41) is 79.2. The summed E-state index contributed by atoms with van der Waals surface area (Å²) in [6, 6.07) is 27.4. The maximum absolute atomic E-state index is 17.7. The number of aliphatic hydroxyl groups excluding tert-OH is 4. The number of ether oxygens (including phenoxy) is 4. The van der Waals surface area contributed by atoms with E-state index in [4.69, 9.17) is 18.9 Å². The molecule has 1 aromatic heterocycles. The van der Waals surface area contributed by atoms with Crippen molar-refractivity contribution in [3.05, 3.63) is 147 Å². The summed E-state index contributed by atoms with van der Waals surface area (Å²) in [5.74, 6) is -0.0824. The Morgan fingerprint density at radius 2 is 1.66 bits per heavy atom. The summed E-state index contributed by atoms with van der Waals surface area (Å²) in [4.78, 5) is 21.0. The first-order chi connectivity index (χ1) is 41.9. The average molecular weight is 1250 g/mol. The first kappa shape index (κ1) is 63.1. The number of H-pyrrole nitrogens is 1. The molecule has 8 N–H and O–H groups in total. The molecular formula is C69H86N2O11S4. The van der Waals surface area contributed by atoms with E-state index >= 15 is 4.79 Å². The number of aromatic hydroxyl groups is 2. The number of nitrogens with one attached hydrogen (secondary N) is 2. The predicted octanol–water partition coefficient (Wildman–Crippen LogP) is 12.5. The molecule has 6 aromatic rings. The molecule has 3 heterocycles. The number of aryl methyl sites for hydroxylation is 1. The second kappa shape index (κ2) is 28.1. The minimum atomic E-state index is -1.76. The summed E-state index contributed by atoms with van der Waals surface area (Å²) in [6.07, 6.45) is 10.4. The molecule has 3 aliphatic carbocycles. The van der Waals surface area contributed by atoms with Gasteiger partial charge in [-0.2, -0.15) is 0 Å². The number of phenolic OH excluding ortho intramolecular Hbond substituents is 2. The Morgan fingerprint density at radius 3 is 2.42 bits per heavy atom. The molecule has 0 saturated heterocycles. The van der Waals surface area contributed by atoms with E-state index in [0.717, 1.165) is 119 Å². The average Bonchev–Trinajstić information content (AvgIpc) is 0.784. The molecule has 2 bridgehead atoms. The third-order valence-electron chi connectivity index (χ3n) is 20.0. The Balaban J connectivity index is 1.12. The number of methoxy groups -OCH3 is 1. The second-order valence-corrected chi connectivity index (χ2v) is 29.8. The molecule has 3 saturated carbocycles. The highest BCUT2D eigenvalue weighted by Crippen LogP contribution is 2.58. The summed E-state index contributed by atoms with van der Waals surface area (Å²) >= 11 is 0. The van der Waals surface area contributed by atoms with Crippen LogP contribution in [0.25, 0.3) is 10.8 Å². The van der Waals surface area contributed by atoms with Crippen LogP contribution in [0, 0.1) is 29.6 Å². The molecule has 11 rings (SSSR count). The zero-order chi connectivity index (χ0) is 60.1. The van der Waals surface area contributed by atoms with Crippen LogP contribution in [-0.4, -0.2) is 118 Å². The molecule has 11 atom stereocenters. The molecule has 86 heavy (non-hydrogen) atoms. The van der Waals surface area contributed by atoms with Gasteiger partial charge in [0.25, 0.3) is 0 Å². The molecule has 462 valence electrons. The summed E-state index contributed by atoms with van der Waals surface area (Å²) < 4.78 is 25.2. The second-order valence-electron chi connectivity index (χ2n) is 24.7. The molecule has 3 fully saturated rings. The van der Waals surface area contributed by atoms with Crippen LogP contribution in [-0.2, 0) is 46.2 Å². The van der Waals surface area contributed by atoms with Gasteiger partial charge in [0.2, 0.25) is 0 Å². The fourth-order valence-electron chi connectivity index (χ4n) is 15.6. The largest absolute Gasteiger partial charge is 0.508 e. The molecular weight excluding hydrogens is 1160 g/mol. The van der Waals surface area contributed by atoms with Gasteiger partial charge < -0.3 is 59.9 Å². The van der Waals surface area contributed by atoms with Crippen LogP contribution in [0.2, 0.25) is 0 Å². The molecule has 0 spiro atoms. The number of fused-ring (bicyclic) bond motifs is 5. The van der Waals surface area contributed by atoms with E-state index in [1.54, 1.807) is 62.4 Å². The van der Waals surface area contributed by atoms with Crippen LogP contribution in [0.4, 0.5) is 0 Å². The van der Waals surface area contributed by atoms with Crippen molar-refractivity contribution < 1.29 is 54.4 Å². The van der Waals surface area contributed by atoms with Crippen LogP contribution in [0.1, 0.15) is 133 Å². The van der Waals surface area contributed by atoms with Crippen molar-refractivity contribution in [3.63, 3.8) is 0 Å². The number of benzene rings is 5. The summed E-state index contributed by atoms with van der Waals surface area (Å²) in [7, 11) is 10.1. The van der Waals surface area contributed by atoms with Gasteiger partial charge in [0.15, 0.2) is 35.6 Å². The molecule has 2 aliphatic heterocycles. The lowest BCUT2D eigenvalue weighted by atomic mass is 9.52. The Bertz CT molecular complexity index is 3290. The van der Waals surface area contributed by atoms with Crippen molar-refractivity contribution in [1.82, 2.24) is 10.3 Å². The first-order valence-electron chi connectivity index (χ1n) is 31.1. The number of aromatic amines is 1. The summed E-state index contributed by atoms with van der Waals surface area (Å²) in [5.41, 5.74) is 5.58. The van der Waals surface area contributed by atoms with Crippen molar-refractivity contribution in [2.24, 2.45) is 29.6 Å². The van der Waals surface area contributed by atoms with E-state index in [2.05, 4.69) is 47.6 Å². The van der Waals surface area contributed by atoms with E-state index in [-0.39, 0.29) is 42.3 Å². The van der Waals surface area contributed by atoms with Gasteiger partial charge >= 0.3 is 0 Å². The van der Waals surface area contributed by atoms with Gasteiger partial charge in [-0.1, -0.05) is 118 Å². The van der Waals surface area contributed by atoms with Crippen LogP contribution >= 0.6 is 43.2 Å². The molecule has 5 aliphatic rings. The topological polar surface area (TPSA) is 203 Å². The van der Waals surface area contributed by atoms with Gasteiger partial charge in [-0.15, -0.1) is 0 Å². The number of Topliss-reactive ketones (excluding diaryl/α,β-unsaturated/α-hetero) is 1. The van der Waals surface area contributed by atoms with Crippen LogP contribution in [0.3, 0.4) is 0 Å². The SMILES string of the molecule is CCOCC1CCC2CSSCC(C3(c4cc(O)cc(C5(NC)CCCCC5)c4)C(=O)C4C(CSSC(CO)c5cccc6ccc(CC)c(c56)Cc5c(ccc(O)c5OC)CC(Cc5cc[nH]c5)C4O)CC3O)c3ccc(OCO)c(c3)OC2C1. The molecule has 13 nitrogen and oxygen atoms in total. The van der Waals surface area contributed by atoms with Crippen molar-refractivity contribution in [2.45, 2.75) is 138 Å². The number of ketones is 1. The van der Waals surface area contributed by atoms with E-state index in [1.165, 1.54) is 0 Å². The minimum Gasteiger partial charge on any atom is -0.508 e. The number of aliphatic hydroxyl groups is 4. The molecule has 0 amide bonds. The Hall–Kier alpha value is -4.53. The van der Waals surface area contributed by atoms with E-state index in [9.17, 15) is 30.6 Å². The zero-order valence-electron chi connectivity index (χ0n) is 50.0. The monoisotopic (exact) mass is 1250 g/mol. The maximum atomic E-state index is 17.7. The smallest absolute Gasteiger partial charge is 0.186 e. The van der Waals surface area contributed by atoms with Gasteiger partial charge in [0.1, 0.15) is 11.9 Å². The van der Waals surface area contributed by atoms with Crippen molar-refractivity contribution in [3.8, 4) is 28.7 Å². The number of hydrogen-bond acceptors (Lipinski definition) is 16. The maximum Gasteiger partial charge on any atom is 0.186 e. The van der Waals surface area contributed by atoms with Crippen LogP contribution in [0.5, 0.6) is 28.7 Å². The number of aromatic nitrogens is 1. The van der Waals surface area contributed by atoms with E-state index in [1.807, 2.05) is 68.8 Å². The third kappa shape index (κ3) is 12.5. The number of phenols is 2. The van der Waals surface area contributed by atoms with E-state index < -0.39 is 58.9 Å². The normalized spacial score (nSPS) is 28.1. The van der Waals surface area contributed by atoms with Gasteiger partial charge in [-0.25, -0.2) is 0 Å². The van der Waals surface area contributed by atoms with Crippen molar-refractivity contribution >= 4 is 59.7 Å².